The molecule has 1 saturated heterocycles. The number of hydrogen-bond acceptors (Lipinski definition) is 4. The van der Waals surface area contributed by atoms with Crippen LogP contribution in [0.1, 0.15) is 13.8 Å². The first-order chi connectivity index (χ1) is 7.88. The topological polar surface area (TPSA) is 70.1 Å². The number of nitriles is 1. The Hall–Kier alpha value is -1.25. The lowest BCUT2D eigenvalue weighted by Crippen LogP contribution is -2.49. The maximum Gasteiger partial charge on any atom is 0.145 e. The van der Waals surface area contributed by atoms with Crippen molar-refractivity contribution in [1.82, 2.24) is 4.90 Å². The molecule has 0 radical (unpaired) electrons. The number of nitrogens with two attached hydrogens (primary N) is 1. The molecule has 3 atom stereocenters. The van der Waals surface area contributed by atoms with Gasteiger partial charge in [-0.05, 0) is 14.0 Å². The van der Waals surface area contributed by atoms with E-state index in [1.54, 1.807) is 6.08 Å². The molecule has 1 fully saturated rings. The largest absolute Gasteiger partial charge is 0.389 e. The number of hydrogen-bond donors (Lipinski definition) is 1. The number of nitrogens with zero attached hydrogens (tertiary/aromatic N) is 2. The third-order valence-corrected chi connectivity index (χ3v) is 3.54. The van der Waals surface area contributed by atoms with E-state index in [2.05, 4.69) is 4.90 Å². The number of carbonyl (C=O) groups is 1. The lowest BCUT2D eigenvalue weighted by atomic mass is 9.82. The first kappa shape index (κ1) is 13.8. The Labute approximate surface area is 107 Å². The standard InChI is InChI=1S/C12H17N3OS/c1-7-6-15(3)8(2)10(11(7)16)4-9(5-13)12(14)17/h4,7-8,10H,6H2,1-3H3,(H2,14,17)/b9-4-/t7-,8+,10-/m1/s1. The Bertz CT molecular complexity index is 410. The van der Waals surface area contributed by atoms with Gasteiger partial charge in [0.25, 0.3) is 0 Å². The van der Waals surface area contributed by atoms with Crippen molar-refractivity contribution in [3.8, 4) is 6.07 Å². The fourth-order valence-electron chi connectivity index (χ4n) is 2.10. The van der Waals surface area contributed by atoms with Crippen LogP contribution in [-0.2, 0) is 4.79 Å². The smallest absolute Gasteiger partial charge is 0.145 e. The van der Waals surface area contributed by atoms with Crippen molar-refractivity contribution in [3.63, 3.8) is 0 Å². The van der Waals surface area contributed by atoms with E-state index >= 15 is 0 Å². The highest BCUT2D eigenvalue weighted by atomic mass is 32.1. The van der Waals surface area contributed by atoms with Crippen LogP contribution >= 0.6 is 12.2 Å². The normalized spacial score (nSPS) is 31.1. The predicted octanol–water partition coefficient (Wildman–Crippen LogP) is 0.878. The average Bonchev–Trinajstić information content (AvgIpc) is 2.26. The summed E-state index contributed by atoms with van der Waals surface area (Å²) >= 11 is 4.78. The lowest BCUT2D eigenvalue weighted by Gasteiger charge is -2.37. The van der Waals surface area contributed by atoms with Gasteiger partial charge in [0.1, 0.15) is 16.8 Å². The van der Waals surface area contributed by atoms with Crippen molar-refractivity contribution < 1.29 is 4.79 Å². The minimum Gasteiger partial charge on any atom is -0.389 e. The Kier molecular flexibility index (Phi) is 4.38. The van der Waals surface area contributed by atoms with Gasteiger partial charge >= 0.3 is 0 Å². The zero-order valence-electron chi connectivity index (χ0n) is 10.3. The SMILES string of the molecule is C[C@@H]1CN(C)[C@@H](C)[C@@H](/C=C(/C#N)C(N)=S)C1=O. The maximum atomic E-state index is 12.1. The van der Waals surface area contributed by atoms with Crippen LogP contribution in [0.15, 0.2) is 11.6 Å². The van der Waals surface area contributed by atoms with Crippen LogP contribution in [-0.4, -0.2) is 35.3 Å². The predicted molar refractivity (Wildman–Crippen MR) is 70.2 cm³/mol. The van der Waals surface area contributed by atoms with Crippen molar-refractivity contribution in [2.45, 2.75) is 19.9 Å². The van der Waals surface area contributed by atoms with Gasteiger partial charge in [-0.2, -0.15) is 5.26 Å². The molecule has 0 aromatic heterocycles. The van der Waals surface area contributed by atoms with E-state index in [4.69, 9.17) is 23.2 Å². The molecule has 1 aliphatic rings. The van der Waals surface area contributed by atoms with Gasteiger partial charge in [-0.25, -0.2) is 0 Å². The number of Topliss-reactive ketones (excluding diaryl/α,β-unsaturated/α-hetero) is 1. The molecule has 4 nitrogen and oxygen atoms in total. The van der Waals surface area contributed by atoms with Crippen LogP contribution in [0.25, 0.3) is 0 Å². The monoisotopic (exact) mass is 251 g/mol. The molecule has 2 N–H and O–H groups in total. The van der Waals surface area contributed by atoms with Crippen LogP contribution in [0, 0.1) is 23.2 Å². The fraction of sp³-hybridized carbons (Fsp3) is 0.583. The van der Waals surface area contributed by atoms with Gasteiger partial charge in [-0.1, -0.05) is 25.2 Å². The van der Waals surface area contributed by atoms with Crippen LogP contribution in [0.2, 0.25) is 0 Å². The second-order valence-electron chi connectivity index (χ2n) is 4.57. The number of thiocarbonyl (C=S) groups is 1. The fourth-order valence-corrected chi connectivity index (χ4v) is 2.22. The summed E-state index contributed by atoms with van der Waals surface area (Å²) in [5, 5.41) is 8.92. The Morgan fingerprint density at radius 1 is 1.65 bits per heavy atom. The molecule has 1 heterocycles. The van der Waals surface area contributed by atoms with Crippen molar-refractivity contribution in [2.75, 3.05) is 13.6 Å². The van der Waals surface area contributed by atoms with Crippen LogP contribution in [0.4, 0.5) is 0 Å². The van der Waals surface area contributed by atoms with E-state index in [1.165, 1.54) is 0 Å². The molecule has 0 aromatic carbocycles. The summed E-state index contributed by atoms with van der Waals surface area (Å²) in [5.74, 6) is -0.178. The molecule has 0 saturated carbocycles. The summed E-state index contributed by atoms with van der Waals surface area (Å²) in [7, 11) is 1.97. The van der Waals surface area contributed by atoms with E-state index in [0.29, 0.717) is 0 Å². The molecule has 17 heavy (non-hydrogen) atoms. The van der Waals surface area contributed by atoms with E-state index in [-0.39, 0.29) is 34.2 Å². The second kappa shape index (κ2) is 5.39. The number of likely N-dealkylation sites (tertiary alicyclic amines) is 1. The molecule has 0 aliphatic carbocycles. The molecule has 92 valence electrons. The van der Waals surface area contributed by atoms with Crippen LogP contribution in [0.5, 0.6) is 0 Å². The molecule has 0 amide bonds. The summed E-state index contributed by atoms with van der Waals surface area (Å²) < 4.78 is 0. The van der Waals surface area contributed by atoms with Gasteiger partial charge in [0, 0.05) is 18.5 Å². The van der Waals surface area contributed by atoms with E-state index < -0.39 is 0 Å². The minimum atomic E-state index is -0.306. The number of piperidine rings is 1. The first-order valence-electron chi connectivity index (χ1n) is 5.54. The van der Waals surface area contributed by atoms with Gasteiger partial charge in [0.15, 0.2) is 0 Å². The average molecular weight is 251 g/mol. The van der Waals surface area contributed by atoms with E-state index in [9.17, 15) is 4.79 Å². The van der Waals surface area contributed by atoms with Crippen molar-refractivity contribution in [1.29, 1.82) is 5.26 Å². The zero-order chi connectivity index (χ0) is 13.2. The highest BCUT2D eigenvalue weighted by molar-refractivity contribution is 7.80. The van der Waals surface area contributed by atoms with Crippen LogP contribution in [0.3, 0.4) is 0 Å². The molecule has 1 rings (SSSR count). The van der Waals surface area contributed by atoms with Gasteiger partial charge in [0.2, 0.25) is 0 Å². The quantitative estimate of drug-likeness (QED) is 0.448. The van der Waals surface area contributed by atoms with Gasteiger partial charge < -0.3 is 10.6 Å². The number of rotatable bonds is 2. The molecular weight excluding hydrogens is 234 g/mol. The molecule has 1 aliphatic heterocycles. The number of ketones is 1. The third-order valence-electron chi connectivity index (χ3n) is 3.32. The number of carbonyl (C=O) groups excluding carboxylic acids is 1. The molecule has 0 aromatic rings. The van der Waals surface area contributed by atoms with E-state index in [1.807, 2.05) is 27.0 Å². The van der Waals surface area contributed by atoms with Crippen molar-refractivity contribution in [2.24, 2.45) is 17.6 Å². The highest BCUT2D eigenvalue weighted by Gasteiger charge is 2.35. The Morgan fingerprint density at radius 3 is 2.71 bits per heavy atom. The zero-order valence-corrected chi connectivity index (χ0v) is 11.1. The molecule has 5 heteroatoms. The summed E-state index contributed by atoms with van der Waals surface area (Å²) in [4.78, 5) is 14.3. The minimum absolute atomic E-state index is 0.0243. The lowest BCUT2D eigenvalue weighted by molar-refractivity contribution is -0.130. The highest BCUT2D eigenvalue weighted by Crippen LogP contribution is 2.25. The van der Waals surface area contributed by atoms with Gasteiger partial charge in [-0.3, -0.25) is 4.79 Å². The summed E-state index contributed by atoms with van der Waals surface area (Å²) in [5.41, 5.74) is 5.67. The van der Waals surface area contributed by atoms with Crippen molar-refractivity contribution in [3.05, 3.63) is 11.6 Å². The van der Waals surface area contributed by atoms with Gasteiger partial charge in [0.05, 0.1) is 11.5 Å². The Morgan fingerprint density at radius 2 is 2.24 bits per heavy atom. The van der Waals surface area contributed by atoms with Crippen LogP contribution < -0.4 is 5.73 Å². The summed E-state index contributed by atoms with van der Waals surface area (Å²) in [6.45, 7) is 4.62. The molecule has 0 spiro atoms. The second-order valence-corrected chi connectivity index (χ2v) is 5.01. The van der Waals surface area contributed by atoms with E-state index in [0.717, 1.165) is 6.54 Å². The molecule has 0 unspecified atom stereocenters. The Balaban J connectivity index is 3.05. The molecular formula is C12H17N3OS. The van der Waals surface area contributed by atoms with Crippen molar-refractivity contribution >= 4 is 23.0 Å². The molecule has 0 bridgehead atoms. The van der Waals surface area contributed by atoms with Gasteiger partial charge in [-0.15, -0.1) is 0 Å². The third kappa shape index (κ3) is 2.90. The first-order valence-corrected chi connectivity index (χ1v) is 5.95. The maximum absolute atomic E-state index is 12.1. The summed E-state index contributed by atoms with van der Waals surface area (Å²) in [6.07, 6.45) is 1.61. The summed E-state index contributed by atoms with van der Waals surface area (Å²) in [6, 6.07) is 2.01.